The number of alkyl halides is 3. The normalized spacial score (nSPS) is 16.8. The predicted molar refractivity (Wildman–Crippen MR) is 62.8 cm³/mol. The van der Waals surface area contributed by atoms with Crippen LogP contribution in [0.15, 0.2) is 24.3 Å². The summed E-state index contributed by atoms with van der Waals surface area (Å²) in [5, 5.41) is 2.48. The lowest BCUT2D eigenvalue weighted by Gasteiger charge is -2.21. The summed E-state index contributed by atoms with van der Waals surface area (Å²) in [7, 11) is 1.22. The third-order valence-electron chi connectivity index (χ3n) is 3.41. The maximum absolute atomic E-state index is 13.0. The van der Waals surface area contributed by atoms with E-state index < -0.39 is 23.2 Å². The number of carbonyl (C=O) groups is 1. The molecule has 0 heterocycles. The van der Waals surface area contributed by atoms with Gasteiger partial charge in [0.2, 0.25) is 0 Å². The molecule has 1 amide bonds. The van der Waals surface area contributed by atoms with Crippen molar-refractivity contribution < 1.29 is 22.7 Å². The van der Waals surface area contributed by atoms with Crippen molar-refractivity contribution in [3.05, 3.63) is 35.4 Å². The van der Waals surface area contributed by atoms with Gasteiger partial charge in [-0.05, 0) is 24.5 Å². The number of amides is 1. The number of ether oxygens (including phenoxy) is 1. The molecule has 0 radical (unpaired) electrons. The third kappa shape index (κ3) is 2.83. The number of benzene rings is 1. The lowest BCUT2D eigenvalue weighted by Crippen LogP contribution is -2.33. The van der Waals surface area contributed by atoms with Gasteiger partial charge >= 0.3 is 12.3 Å². The molecule has 1 aliphatic rings. The summed E-state index contributed by atoms with van der Waals surface area (Å²) in [4.78, 5) is 11.0. The molecule has 2 rings (SSSR count). The number of alkyl carbamates (subject to hydrolysis) is 1. The molecule has 0 saturated heterocycles. The number of hydrogen-bond donors (Lipinski definition) is 1. The molecule has 6 heteroatoms. The van der Waals surface area contributed by atoms with E-state index in [1.165, 1.54) is 19.2 Å². The molecular weight excluding hydrogens is 259 g/mol. The van der Waals surface area contributed by atoms with Gasteiger partial charge in [0.05, 0.1) is 12.7 Å². The zero-order valence-corrected chi connectivity index (χ0v) is 10.4. The van der Waals surface area contributed by atoms with Crippen molar-refractivity contribution in [2.24, 2.45) is 0 Å². The fourth-order valence-corrected chi connectivity index (χ4v) is 2.20. The van der Waals surface area contributed by atoms with Crippen LogP contribution in [0.1, 0.15) is 24.0 Å². The third-order valence-corrected chi connectivity index (χ3v) is 3.41. The Hall–Kier alpha value is -1.72. The van der Waals surface area contributed by atoms with Crippen molar-refractivity contribution in [2.45, 2.75) is 24.4 Å². The second-order valence-corrected chi connectivity index (χ2v) is 4.67. The maximum atomic E-state index is 13.0. The highest BCUT2D eigenvalue weighted by molar-refractivity contribution is 5.67. The first-order chi connectivity index (χ1) is 8.89. The summed E-state index contributed by atoms with van der Waals surface area (Å²) in [6.45, 7) is 0.159. The SMILES string of the molecule is COC(=O)NCC1(c2ccccc2C(F)(F)F)CC1. The number of halogens is 3. The first-order valence-electron chi connectivity index (χ1n) is 5.88. The minimum atomic E-state index is -4.38. The number of rotatable bonds is 3. The summed E-state index contributed by atoms with van der Waals surface area (Å²) < 4.78 is 43.3. The van der Waals surface area contributed by atoms with E-state index in [9.17, 15) is 18.0 Å². The van der Waals surface area contributed by atoms with Gasteiger partial charge in [-0.25, -0.2) is 4.79 Å². The average Bonchev–Trinajstić information content (AvgIpc) is 3.16. The van der Waals surface area contributed by atoms with Crippen molar-refractivity contribution in [1.82, 2.24) is 5.32 Å². The van der Waals surface area contributed by atoms with Crippen LogP contribution in [0.2, 0.25) is 0 Å². The van der Waals surface area contributed by atoms with Crippen LogP contribution < -0.4 is 5.32 Å². The molecule has 0 bridgehead atoms. The van der Waals surface area contributed by atoms with Crippen LogP contribution in [0, 0.1) is 0 Å². The van der Waals surface area contributed by atoms with Crippen molar-refractivity contribution >= 4 is 6.09 Å². The minimum Gasteiger partial charge on any atom is -0.453 e. The van der Waals surface area contributed by atoms with Gasteiger partial charge in [-0.1, -0.05) is 18.2 Å². The second-order valence-electron chi connectivity index (χ2n) is 4.67. The smallest absolute Gasteiger partial charge is 0.416 e. The number of nitrogens with one attached hydrogen (secondary N) is 1. The molecule has 1 saturated carbocycles. The fourth-order valence-electron chi connectivity index (χ4n) is 2.20. The van der Waals surface area contributed by atoms with Crippen LogP contribution >= 0.6 is 0 Å². The van der Waals surface area contributed by atoms with E-state index in [4.69, 9.17) is 0 Å². The van der Waals surface area contributed by atoms with Gasteiger partial charge in [0.25, 0.3) is 0 Å². The first-order valence-corrected chi connectivity index (χ1v) is 5.88. The molecule has 1 aromatic rings. The van der Waals surface area contributed by atoms with E-state index in [1.807, 2.05) is 0 Å². The van der Waals surface area contributed by atoms with Gasteiger partial charge < -0.3 is 10.1 Å². The molecule has 0 aromatic heterocycles. The van der Waals surface area contributed by atoms with Crippen LogP contribution in [0.5, 0.6) is 0 Å². The Kier molecular flexibility index (Phi) is 3.43. The Labute approximate surface area is 108 Å². The maximum Gasteiger partial charge on any atom is 0.416 e. The first kappa shape index (κ1) is 13.7. The Balaban J connectivity index is 2.24. The van der Waals surface area contributed by atoms with Crippen molar-refractivity contribution in [2.75, 3.05) is 13.7 Å². The summed E-state index contributed by atoms with van der Waals surface area (Å²) in [6.07, 6.45) is -3.75. The highest BCUT2D eigenvalue weighted by Gasteiger charge is 2.49. The van der Waals surface area contributed by atoms with Gasteiger partial charge in [-0.2, -0.15) is 13.2 Å². The molecule has 0 atom stereocenters. The Bertz CT molecular complexity index is 481. The summed E-state index contributed by atoms with van der Waals surface area (Å²) >= 11 is 0. The van der Waals surface area contributed by atoms with Gasteiger partial charge in [-0.15, -0.1) is 0 Å². The monoisotopic (exact) mass is 273 g/mol. The van der Waals surface area contributed by atoms with Crippen molar-refractivity contribution in [1.29, 1.82) is 0 Å². The van der Waals surface area contributed by atoms with Crippen LogP contribution in [0.4, 0.5) is 18.0 Å². The number of methoxy groups -OCH3 is 1. The molecule has 0 spiro atoms. The Morgan fingerprint density at radius 3 is 2.53 bits per heavy atom. The lowest BCUT2D eigenvalue weighted by atomic mass is 9.91. The molecule has 1 aliphatic carbocycles. The Morgan fingerprint density at radius 2 is 2.00 bits per heavy atom. The Morgan fingerprint density at radius 1 is 1.37 bits per heavy atom. The fraction of sp³-hybridized carbons (Fsp3) is 0.462. The van der Waals surface area contributed by atoms with Gasteiger partial charge in [0.1, 0.15) is 0 Å². The molecule has 3 nitrogen and oxygen atoms in total. The quantitative estimate of drug-likeness (QED) is 0.919. The summed E-state index contributed by atoms with van der Waals surface area (Å²) in [6, 6.07) is 5.52. The molecule has 1 fully saturated rings. The molecule has 1 N–H and O–H groups in total. The minimum absolute atomic E-state index is 0.159. The van der Waals surface area contributed by atoms with Crippen LogP contribution in [0.3, 0.4) is 0 Å². The topological polar surface area (TPSA) is 38.3 Å². The van der Waals surface area contributed by atoms with Gasteiger partial charge in [-0.3, -0.25) is 0 Å². The predicted octanol–water partition coefficient (Wildman–Crippen LogP) is 3.09. The van der Waals surface area contributed by atoms with Crippen molar-refractivity contribution in [3.8, 4) is 0 Å². The standard InChI is InChI=1S/C13H14F3NO2/c1-19-11(18)17-8-12(6-7-12)9-4-2-3-5-10(9)13(14,15)16/h2-5H,6-8H2,1H3,(H,17,18). The van der Waals surface area contributed by atoms with Crippen LogP contribution in [-0.4, -0.2) is 19.7 Å². The lowest BCUT2D eigenvalue weighted by molar-refractivity contribution is -0.138. The van der Waals surface area contributed by atoms with E-state index in [-0.39, 0.29) is 12.1 Å². The van der Waals surface area contributed by atoms with Crippen molar-refractivity contribution in [3.63, 3.8) is 0 Å². The number of hydrogen-bond acceptors (Lipinski definition) is 2. The summed E-state index contributed by atoms with van der Waals surface area (Å²) in [5.41, 5.74) is -0.988. The molecule has 104 valence electrons. The number of carbonyl (C=O) groups excluding carboxylic acids is 1. The van der Waals surface area contributed by atoms with Gasteiger partial charge in [0.15, 0.2) is 0 Å². The molecule has 0 unspecified atom stereocenters. The van der Waals surface area contributed by atoms with E-state index in [1.54, 1.807) is 6.07 Å². The molecule has 19 heavy (non-hydrogen) atoms. The molecular formula is C13H14F3NO2. The van der Waals surface area contributed by atoms with E-state index in [0.29, 0.717) is 12.8 Å². The van der Waals surface area contributed by atoms with E-state index >= 15 is 0 Å². The highest BCUT2D eigenvalue weighted by atomic mass is 19.4. The molecule has 1 aromatic carbocycles. The second kappa shape index (κ2) is 4.75. The highest BCUT2D eigenvalue weighted by Crippen LogP contribution is 2.51. The van der Waals surface area contributed by atoms with E-state index in [2.05, 4.69) is 10.1 Å². The van der Waals surface area contributed by atoms with E-state index in [0.717, 1.165) is 6.07 Å². The van der Waals surface area contributed by atoms with Crippen LogP contribution in [0.25, 0.3) is 0 Å². The largest absolute Gasteiger partial charge is 0.453 e. The average molecular weight is 273 g/mol. The zero-order valence-electron chi connectivity index (χ0n) is 10.4. The molecule has 0 aliphatic heterocycles. The van der Waals surface area contributed by atoms with Crippen LogP contribution in [-0.2, 0) is 16.3 Å². The zero-order chi connectivity index (χ0) is 14.1. The van der Waals surface area contributed by atoms with Gasteiger partial charge in [0, 0.05) is 12.0 Å². The summed E-state index contributed by atoms with van der Waals surface area (Å²) in [5.74, 6) is 0.